The van der Waals surface area contributed by atoms with Crippen molar-refractivity contribution in [2.75, 3.05) is 0 Å². The molecule has 6 heteroatoms. The molecule has 2 N–H and O–H groups in total. The molecule has 30 valence electrons. The van der Waals surface area contributed by atoms with Crippen molar-refractivity contribution in [3.63, 3.8) is 0 Å². The van der Waals surface area contributed by atoms with E-state index in [0.29, 0.717) is 0 Å². The van der Waals surface area contributed by atoms with Crippen LogP contribution in [0.1, 0.15) is 0 Å². The molecule has 0 aliphatic rings. The van der Waals surface area contributed by atoms with Gasteiger partial charge in [-0.1, -0.05) is 0 Å². The Morgan fingerprint density at radius 2 is 1.33 bits per heavy atom. The molecule has 0 saturated carbocycles. The Balaban J connectivity index is -0.0000000450. The van der Waals surface area contributed by atoms with Crippen LogP contribution in [0.15, 0.2) is 0 Å². The van der Waals surface area contributed by atoms with Gasteiger partial charge in [-0.15, -0.1) is 0 Å². The SMILES string of the molecule is O=[Si](O)O.[BaH2].[LiH]. The summed E-state index contributed by atoms with van der Waals surface area (Å²) in [6.07, 6.45) is 0. The predicted molar refractivity (Wildman–Crippen MR) is 26.6 cm³/mol. The van der Waals surface area contributed by atoms with E-state index in [9.17, 15) is 0 Å². The van der Waals surface area contributed by atoms with Gasteiger partial charge < -0.3 is 9.59 Å². The predicted octanol–water partition coefficient (Wildman–Crippen LogP) is -3.18. The van der Waals surface area contributed by atoms with E-state index < -0.39 is 9.17 Å². The van der Waals surface area contributed by atoms with Gasteiger partial charge in [0.25, 0.3) is 0 Å². The van der Waals surface area contributed by atoms with Crippen LogP contribution in [0.3, 0.4) is 0 Å². The van der Waals surface area contributed by atoms with E-state index in [-0.39, 0.29) is 67.7 Å². The van der Waals surface area contributed by atoms with Crippen LogP contribution in [-0.4, -0.2) is 86.5 Å². The van der Waals surface area contributed by atoms with Crippen LogP contribution in [0.2, 0.25) is 0 Å². The summed E-state index contributed by atoms with van der Waals surface area (Å²) in [5.41, 5.74) is 0. The first-order valence-electron chi connectivity index (χ1n) is 0.651. The second-order valence-electron chi connectivity index (χ2n) is 0.283. The van der Waals surface area contributed by atoms with Gasteiger partial charge in [0.15, 0.2) is 0 Å². The van der Waals surface area contributed by atoms with Crippen molar-refractivity contribution in [2.24, 2.45) is 0 Å². The van der Waals surface area contributed by atoms with Gasteiger partial charge in [0.05, 0.1) is 0 Å². The van der Waals surface area contributed by atoms with Crippen molar-refractivity contribution in [2.45, 2.75) is 0 Å². The van der Waals surface area contributed by atoms with Crippen LogP contribution in [0, 0.1) is 0 Å². The Bertz CT molecular complexity index is 33.8. The fraction of sp³-hybridized carbons (Fsp3) is 0. The maximum absolute atomic E-state index is 8.74. The van der Waals surface area contributed by atoms with E-state index >= 15 is 0 Å². The zero-order valence-corrected chi connectivity index (χ0v) is 2.80. The van der Waals surface area contributed by atoms with Crippen LogP contribution < -0.4 is 0 Å². The molecule has 3 nitrogen and oxygen atoms in total. The molecule has 6 heavy (non-hydrogen) atoms. The van der Waals surface area contributed by atoms with E-state index in [1.54, 1.807) is 0 Å². The molecule has 0 unspecified atom stereocenters. The molecule has 0 aliphatic heterocycles. The fourth-order valence-electron chi connectivity index (χ4n) is 0. The van der Waals surface area contributed by atoms with Gasteiger partial charge in [0.2, 0.25) is 0 Å². The second-order valence-corrected chi connectivity index (χ2v) is 0.848. The third-order valence-corrected chi connectivity index (χ3v) is 0. The summed E-state index contributed by atoms with van der Waals surface area (Å²) in [7, 11) is -3.13. The molecule has 0 radical (unpaired) electrons. The first kappa shape index (κ1) is 15.7. The molecule has 0 fully saturated rings. The van der Waals surface area contributed by atoms with Crippen molar-refractivity contribution in [1.29, 1.82) is 0 Å². The Labute approximate surface area is 89.3 Å². The first-order valence-corrected chi connectivity index (χ1v) is 1.95. The maximum atomic E-state index is 8.74. The average molecular weight is 225 g/mol. The zero-order valence-electron chi connectivity index (χ0n) is 1.80. The van der Waals surface area contributed by atoms with Gasteiger partial charge in [-0.25, -0.2) is 0 Å². The molecule has 0 aromatic rings. The normalized spacial score (nSPS) is 4.00. The van der Waals surface area contributed by atoms with Gasteiger partial charge in [-0.2, -0.15) is 0 Å². The molecule has 0 saturated heterocycles. The van der Waals surface area contributed by atoms with Crippen LogP contribution in [0.5, 0.6) is 0 Å². The van der Waals surface area contributed by atoms with Gasteiger partial charge >= 0.3 is 76.9 Å². The number of rotatable bonds is 0. The Morgan fingerprint density at radius 1 is 1.33 bits per heavy atom. The third-order valence-electron chi connectivity index (χ3n) is 0. The van der Waals surface area contributed by atoms with Crippen LogP contribution in [0.25, 0.3) is 0 Å². The Hall–Kier alpha value is 1.79. The average Bonchev–Trinajstić information content (AvgIpc) is 0.811. The molecule has 0 heterocycles. The quantitative estimate of drug-likeness (QED) is 0.428. The minimum atomic E-state index is -3.13. The van der Waals surface area contributed by atoms with Crippen molar-refractivity contribution in [3.8, 4) is 0 Å². The van der Waals surface area contributed by atoms with Gasteiger partial charge in [-0.05, 0) is 0 Å². The Kier molecular flexibility index (Phi) is 25.9. The van der Waals surface area contributed by atoms with E-state index in [1.165, 1.54) is 0 Å². The summed E-state index contributed by atoms with van der Waals surface area (Å²) >= 11 is 0. The molecular weight excluding hydrogens is 220 g/mol. The van der Waals surface area contributed by atoms with E-state index in [4.69, 9.17) is 14.1 Å². The van der Waals surface area contributed by atoms with Gasteiger partial charge in [0, 0.05) is 0 Å². The van der Waals surface area contributed by atoms with Crippen LogP contribution >= 0.6 is 0 Å². The molecule has 0 aliphatic carbocycles. The summed E-state index contributed by atoms with van der Waals surface area (Å²) in [5.74, 6) is 0. The van der Waals surface area contributed by atoms with Crippen LogP contribution in [-0.2, 0) is 4.46 Å². The second kappa shape index (κ2) is 9.92. The monoisotopic (exact) mass is 226 g/mol. The summed E-state index contributed by atoms with van der Waals surface area (Å²) in [4.78, 5) is 14.3. The topological polar surface area (TPSA) is 57.5 Å². The molecule has 0 aromatic carbocycles. The molecule has 0 amide bonds. The molecular formula is H5BaLiO3Si. The molecule has 0 atom stereocenters. The van der Waals surface area contributed by atoms with Crippen molar-refractivity contribution in [3.05, 3.63) is 0 Å². The van der Waals surface area contributed by atoms with Crippen molar-refractivity contribution < 1.29 is 14.1 Å². The van der Waals surface area contributed by atoms with E-state index in [1.807, 2.05) is 0 Å². The van der Waals surface area contributed by atoms with Crippen molar-refractivity contribution >= 4 is 76.9 Å². The first-order chi connectivity index (χ1) is 1.73. The number of hydrogen-bond donors (Lipinski definition) is 2. The molecule has 0 bridgehead atoms. The molecule has 0 rings (SSSR count). The van der Waals surface area contributed by atoms with Gasteiger partial charge in [-0.3, -0.25) is 4.46 Å². The minimum absolute atomic E-state index is 0. The standard InChI is InChI=1S/Ba.Li.H2O3Si.3H/c;;1-4(2)3;;;/h;;1-2H;;;. The molecule has 0 aromatic heterocycles. The van der Waals surface area contributed by atoms with Crippen LogP contribution in [0.4, 0.5) is 0 Å². The zero-order chi connectivity index (χ0) is 3.58. The summed E-state index contributed by atoms with van der Waals surface area (Å²) in [6, 6.07) is 0. The van der Waals surface area contributed by atoms with E-state index in [0.717, 1.165) is 0 Å². The van der Waals surface area contributed by atoms with E-state index in [2.05, 4.69) is 0 Å². The fourth-order valence-corrected chi connectivity index (χ4v) is 0. The Morgan fingerprint density at radius 3 is 1.33 bits per heavy atom. The number of hydrogen-bond acceptors (Lipinski definition) is 1. The van der Waals surface area contributed by atoms with Crippen molar-refractivity contribution in [1.82, 2.24) is 0 Å². The third kappa shape index (κ3) is 41.6. The summed E-state index contributed by atoms with van der Waals surface area (Å²) in [5, 5.41) is 0. The van der Waals surface area contributed by atoms with Gasteiger partial charge in [0.1, 0.15) is 0 Å². The summed E-state index contributed by atoms with van der Waals surface area (Å²) in [6.45, 7) is 0. The molecule has 0 spiro atoms. The summed E-state index contributed by atoms with van der Waals surface area (Å²) < 4.78 is 8.74.